The molecule has 2 aromatic carbocycles. The number of benzene rings is 2. The largest absolute Gasteiger partial charge is 0.309 e. The molecule has 1 aromatic heterocycles. The second-order valence-corrected chi connectivity index (χ2v) is 8.33. The monoisotopic (exact) mass is 444 g/mol. The zero-order valence-electron chi connectivity index (χ0n) is 16.6. The van der Waals surface area contributed by atoms with Crippen LogP contribution in [0.4, 0.5) is 10.8 Å². The van der Waals surface area contributed by atoms with Gasteiger partial charge in [0.15, 0.2) is 5.13 Å². The van der Waals surface area contributed by atoms with E-state index in [2.05, 4.69) is 9.88 Å². The van der Waals surface area contributed by atoms with Gasteiger partial charge in [-0.05, 0) is 63.0 Å². The van der Waals surface area contributed by atoms with E-state index in [1.807, 2.05) is 26.2 Å². The van der Waals surface area contributed by atoms with Crippen molar-refractivity contribution in [1.29, 1.82) is 0 Å². The Hall–Kier alpha value is -2.81. The molecule has 7 nitrogen and oxygen atoms in total. The molecule has 0 aliphatic carbocycles. The highest BCUT2D eigenvalue weighted by Crippen LogP contribution is 2.33. The lowest BCUT2D eigenvalue weighted by atomic mass is 10.2. The summed E-state index contributed by atoms with van der Waals surface area (Å²) in [6.45, 7) is 1.35. The molecule has 3 rings (SSSR count). The number of aromatic nitrogens is 1. The van der Waals surface area contributed by atoms with E-state index in [0.29, 0.717) is 27.8 Å². The van der Waals surface area contributed by atoms with Crippen molar-refractivity contribution in [3.63, 3.8) is 0 Å². The molecule has 1 amide bonds. The average molecular weight is 445 g/mol. The maximum absolute atomic E-state index is 13.0. The van der Waals surface area contributed by atoms with E-state index < -0.39 is 4.92 Å². The van der Waals surface area contributed by atoms with Crippen LogP contribution in [-0.2, 0) is 4.79 Å². The van der Waals surface area contributed by atoms with Crippen molar-refractivity contribution in [3.05, 3.63) is 69.2 Å². The average Bonchev–Trinajstić information content (AvgIpc) is 3.15. The van der Waals surface area contributed by atoms with Crippen LogP contribution in [0.2, 0.25) is 5.02 Å². The Kier molecular flexibility index (Phi) is 7.15. The normalized spacial score (nSPS) is 11.5. The number of rotatable bonds is 8. The molecule has 0 saturated carbocycles. The smallest absolute Gasteiger partial charge is 0.269 e. The molecule has 3 aromatic rings. The number of nitro groups is 1. The molecule has 0 fully saturated rings. The van der Waals surface area contributed by atoms with Crippen LogP contribution in [0.15, 0.2) is 48.5 Å². The van der Waals surface area contributed by atoms with Crippen LogP contribution < -0.4 is 4.90 Å². The Morgan fingerprint density at radius 2 is 1.93 bits per heavy atom. The Bertz CT molecular complexity index is 1080. The molecular weight excluding hydrogens is 424 g/mol. The van der Waals surface area contributed by atoms with Crippen LogP contribution in [0.5, 0.6) is 0 Å². The number of nitrogens with zero attached hydrogens (tertiary/aromatic N) is 4. The second-order valence-electron chi connectivity index (χ2n) is 6.91. The Morgan fingerprint density at radius 3 is 2.57 bits per heavy atom. The van der Waals surface area contributed by atoms with E-state index >= 15 is 0 Å². The maximum Gasteiger partial charge on any atom is 0.269 e. The number of thiazole rings is 1. The van der Waals surface area contributed by atoms with Crippen molar-refractivity contribution < 1.29 is 9.72 Å². The number of hydrogen-bond acceptors (Lipinski definition) is 6. The van der Waals surface area contributed by atoms with E-state index in [9.17, 15) is 14.9 Å². The summed E-state index contributed by atoms with van der Waals surface area (Å²) in [6.07, 6.45) is 3.89. The van der Waals surface area contributed by atoms with Crippen molar-refractivity contribution in [3.8, 4) is 0 Å². The molecule has 30 heavy (non-hydrogen) atoms. The summed E-state index contributed by atoms with van der Waals surface area (Å²) in [4.78, 5) is 31.6. The molecule has 1 heterocycles. The molecule has 9 heteroatoms. The minimum atomic E-state index is -0.455. The fourth-order valence-corrected chi connectivity index (χ4v) is 4.13. The minimum Gasteiger partial charge on any atom is -0.309 e. The van der Waals surface area contributed by atoms with Crippen LogP contribution in [0.1, 0.15) is 12.0 Å². The number of amides is 1. The number of anilines is 1. The molecule has 0 spiro atoms. The molecule has 0 aliphatic heterocycles. The predicted octanol–water partition coefficient (Wildman–Crippen LogP) is 4.86. The van der Waals surface area contributed by atoms with Crippen LogP contribution in [0.25, 0.3) is 16.3 Å². The molecule has 0 radical (unpaired) electrons. The first-order chi connectivity index (χ1) is 14.3. The third kappa shape index (κ3) is 5.41. The van der Waals surface area contributed by atoms with Gasteiger partial charge in [0.25, 0.3) is 11.6 Å². The first-order valence-electron chi connectivity index (χ1n) is 9.29. The van der Waals surface area contributed by atoms with Crippen LogP contribution in [0, 0.1) is 10.1 Å². The van der Waals surface area contributed by atoms with Crippen molar-refractivity contribution >= 4 is 56.0 Å². The van der Waals surface area contributed by atoms with Crippen molar-refractivity contribution in [2.45, 2.75) is 6.42 Å². The molecule has 0 unspecified atom stereocenters. The molecule has 0 N–H and O–H groups in total. The first kappa shape index (κ1) is 21.9. The number of halogens is 1. The Balaban J connectivity index is 1.83. The summed E-state index contributed by atoms with van der Waals surface area (Å²) in [5, 5.41) is 11.9. The van der Waals surface area contributed by atoms with Gasteiger partial charge in [0.2, 0.25) is 0 Å². The van der Waals surface area contributed by atoms with E-state index in [-0.39, 0.29) is 11.6 Å². The van der Waals surface area contributed by atoms with Gasteiger partial charge in [-0.1, -0.05) is 29.0 Å². The summed E-state index contributed by atoms with van der Waals surface area (Å²) in [6, 6.07) is 11.6. The minimum absolute atomic E-state index is 0.00939. The summed E-state index contributed by atoms with van der Waals surface area (Å²) in [5.74, 6) is -0.206. The summed E-state index contributed by atoms with van der Waals surface area (Å²) in [5.41, 5.74) is 1.40. The van der Waals surface area contributed by atoms with Crippen LogP contribution >= 0.6 is 22.9 Å². The fourth-order valence-electron chi connectivity index (χ4n) is 2.83. The zero-order chi connectivity index (χ0) is 21.7. The Morgan fingerprint density at radius 1 is 1.20 bits per heavy atom. The maximum atomic E-state index is 13.0. The van der Waals surface area contributed by atoms with Gasteiger partial charge in [-0.25, -0.2) is 4.98 Å². The molecule has 0 bridgehead atoms. The van der Waals surface area contributed by atoms with Gasteiger partial charge >= 0.3 is 0 Å². The van der Waals surface area contributed by atoms with Gasteiger partial charge in [-0.15, -0.1) is 0 Å². The highest BCUT2D eigenvalue weighted by atomic mass is 35.5. The van der Waals surface area contributed by atoms with Gasteiger partial charge in [0.05, 0.1) is 14.6 Å². The van der Waals surface area contributed by atoms with Gasteiger partial charge < -0.3 is 4.90 Å². The fraction of sp³-hybridized carbons (Fsp3) is 0.238. The summed E-state index contributed by atoms with van der Waals surface area (Å²) >= 11 is 7.67. The van der Waals surface area contributed by atoms with Gasteiger partial charge in [0.1, 0.15) is 5.52 Å². The lowest BCUT2D eigenvalue weighted by Gasteiger charge is -2.19. The van der Waals surface area contributed by atoms with E-state index in [1.165, 1.54) is 29.5 Å². The molecule has 156 valence electrons. The summed E-state index contributed by atoms with van der Waals surface area (Å²) < 4.78 is 0.919. The molecule has 0 aliphatic rings. The SMILES string of the molecule is CN(C)CCCN(C(=O)/C=C\c1ccc([N+](=O)[O-])cc1)c1nc2c(Cl)cccc2s1. The summed E-state index contributed by atoms with van der Waals surface area (Å²) in [7, 11) is 3.97. The van der Waals surface area contributed by atoms with E-state index in [0.717, 1.165) is 17.7 Å². The topological polar surface area (TPSA) is 79.6 Å². The van der Waals surface area contributed by atoms with Crippen molar-refractivity contribution in [2.24, 2.45) is 0 Å². The molecule has 0 saturated heterocycles. The van der Waals surface area contributed by atoms with Gasteiger partial charge in [-0.3, -0.25) is 19.8 Å². The van der Waals surface area contributed by atoms with Crippen molar-refractivity contribution in [1.82, 2.24) is 9.88 Å². The zero-order valence-corrected chi connectivity index (χ0v) is 18.2. The number of carbonyl (C=O) groups is 1. The van der Waals surface area contributed by atoms with Gasteiger partial charge in [-0.2, -0.15) is 0 Å². The van der Waals surface area contributed by atoms with E-state index in [4.69, 9.17) is 11.6 Å². The molecular formula is C21H21ClN4O3S. The number of para-hydroxylation sites is 1. The first-order valence-corrected chi connectivity index (χ1v) is 10.5. The quantitative estimate of drug-likeness (QED) is 0.281. The third-order valence-corrected chi connectivity index (χ3v) is 5.71. The molecule has 0 atom stereocenters. The predicted molar refractivity (Wildman–Crippen MR) is 122 cm³/mol. The highest BCUT2D eigenvalue weighted by Gasteiger charge is 2.18. The number of carbonyl (C=O) groups excluding carboxylic acids is 1. The van der Waals surface area contributed by atoms with Gasteiger partial charge in [0, 0.05) is 24.8 Å². The third-order valence-electron chi connectivity index (χ3n) is 4.36. The number of hydrogen-bond donors (Lipinski definition) is 0. The lowest BCUT2D eigenvalue weighted by molar-refractivity contribution is -0.384. The van der Waals surface area contributed by atoms with Crippen LogP contribution in [-0.4, -0.2) is 47.9 Å². The van der Waals surface area contributed by atoms with Crippen molar-refractivity contribution in [2.75, 3.05) is 32.1 Å². The number of nitro benzene ring substituents is 1. The highest BCUT2D eigenvalue weighted by molar-refractivity contribution is 7.22. The number of non-ortho nitro benzene ring substituents is 1. The lowest BCUT2D eigenvalue weighted by Crippen LogP contribution is -2.32. The second kappa shape index (κ2) is 9.80. The standard InChI is InChI=1S/C21H21ClN4O3S/c1-24(2)13-4-14-25(21-23-20-17(22)5-3-6-18(20)30-21)19(27)12-9-15-7-10-16(11-8-15)26(28)29/h3,5-12H,4,13-14H2,1-2H3/b12-9-. The van der Waals surface area contributed by atoms with E-state index in [1.54, 1.807) is 29.2 Å². The number of fused-ring (bicyclic) bond motifs is 1. The van der Waals surface area contributed by atoms with Crippen LogP contribution in [0.3, 0.4) is 0 Å². The Labute approximate surface area is 183 Å².